The van der Waals surface area contributed by atoms with E-state index in [-0.39, 0.29) is 0 Å². The summed E-state index contributed by atoms with van der Waals surface area (Å²) in [4.78, 5) is 18.2. The molecule has 5 nitrogen and oxygen atoms in total. The zero-order valence-corrected chi connectivity index (χ0v) is 16.0. The Morgan fingerprint density at radius 1 is 1.38 bits per heavy atom. The number of benzene rings is 1. The van der Waals surface area contributed by atoms with E-state index in [2.05, 4.69) is 47.7 Å². The maximum absolute atomic E-state index is 10.6. The summed E-state index contributed by atoms with van der Waals surface area (Å²) in [5.41, 5.74) is 1.62. The van der Waals surface area contributed by atoms with E-state index in [9.17, 15) is 4.79 Å². The summed E-state index contributed by atoms with van der Waals surface area (Å²) in [6, 6.07) is 9.56. The molecular formula is C17H22N4OS2. The molecule has 0 bridgehead atoms. The van der Waals surface area contributed by atoms with Gasteiger partial charge in [0.15, 0.2) is 5.13 Å². The van der Waals surface area contributed by atoms with Crippen LogP contribution in [0.15, 0.2) is 24.3 Å². The number of hydrogen-bond donors (Lipinski definition) is 2. The van der Waals surface area contributed by atoms with Gasteiger partial charge in [-0.15, -0.1) is 0 Å². The van der Waals surface area contributed by atoms with Crippen molar-refractivity contribution in [2.45, 2.75) is 20.8 Å². The Morgan fingerprint density at radius 2 is 2.00 bits per heavy atom. The minimum atomic E-state index is 0.447. The highest BCUT2D eigenvalue weighted by Crippen LogP contribution is 2.34. The highest BCUT2D eigenvalue weighted by molar-refractivity contribution is 7.79. The van der Waals surface area contributed by atoms with Crippen molar-refractivity contribution >= 4 is 47.0 Å². The topological polar surface area (TPSA) is 69.0 Å². The summed E-state index contributed by atoms with van der Waals surface area (Å²) in [5.74, 6) is 1.04. The lowest BCUT2D eigenvalue weighted by molar-refractivity contribution is -0.105. The van der Waals surface area contributed by atoms with E-state index in [1.165, 1.54) is 11.3 Å². The fourth-order valence-corrected chi connectivity index (χ4v) is 2.96. The van der Waals surface area contributed by atoms with Crippen molar-refractivity contribution in [3.8, 4) is 6.07 Å². The zero-order valence-electron chi connectivity index (χ0n) is 14.3. The number of thiazole rings is 1. The van der Waals surface area contributed by atoms with E-state index >= 15 is 0 Å². The van der Waals surface area contributed by atoms with Crippen LogP contribution in [0.5, 0.6) is 0 Å². The van der Waals surface area contributed by atoms with Crippen molar-refractivity contribution in [2.75, 3.05) is 23.0 Å². The van der Waals surface area contributed by atoms with Crippen LogP contribution >= 0.6 is 24.0 Å². The summed E-state index contributed by atoms with van der Waals surface area (Å²) < 4.78 is 0. The molecule has 0 aliphatic carbocycles. The molecule has 7 heteroatoms. The van der Waals surface area contributed by atoms with Crippen LogP contribution in [0.4, 0.5) is 16.6 Å². The Kier molecular flexibility index (Phi) is 8.30. The van der Waals surface area contributed by atoms with Crippen LogP contribution in [0.3, 0.4) is 0 Å². The van der Waals surface area contributed by atoms with E-state index in [0.717, 1.165) is 22.2 Å². The predicted octanol–water partition coefficient (Wildman–Crippen LogP) is 4.23. The maximum atomic E-state index is 10.6. The first-order chi connectivity index (χ1) is 11.5. The van der Waals surface area contributed by atoms with Crippen LogP contribution in [0.2, 0.25) is 0 Å². The van der Waals surface area contributed by atoms with Crippen molar-refractivity contribution in [2.24, 2.45) is 5.92 Å². The third-order valence-corrected chi connectivity index (χ3v) is 4.06. The smallest absolute Gasteiger partial charge is 0.212 e. The number of hydrogen-bond acceptors (Lipinski definition) is 6. The van der Waals surface area contributed by atoms with E-state index in [0.29, 0.717) is 23.7 Å². The first-order valence-corrected chi connectivity index (χ1v) is 9.16. The average Bonchev–Trinajstić information content (AvgIpc) is 2.95. The van der Waals surface area contributed by atoms with E-state index in [4.69, 9.17) is 5.26 Å². The van der Waals surface area contributed by atoms with Gasteiger partial charge in [-0.2, -0.15) is 17.9 Å². The first kappa shape index (κ1) is 20.0. The molecule has 0 aliphatic heterocycles. The van der Waals surface area contributed by atoms with Crippen LogP contribution in [-0.4, -0.2) is 24.2 Å². The van der Waals surface area contributed by atoms with Gasteiger partial charge in [0.2, 0.25) is 6.41 Å². The molecule has 2 rings (SSSR count). The summed E-state index contributed by atoms with van der Waals surface area (Å²) in [7, 11) is 0. The molecule has 0 atom stereocenters. The number of nitrogens with zero attached hydrogens (tertiary/aromatic N) is 3. The molecule has 0 radical (unpaired) electrons. The number of amides is 1. The molecule has 0 unspecified atom stereocenters. The first-order valence-electron chi connectivity index (χ1n) is 7.45. The monoisotopic (exact) mass is 362 g/mol. The average molecular weight is 363 g/mol. The van der Waals surface area contributed by atoms with Gasteiger partial charge in [0.05, 0.1) is 11.6 Å². The standard InChI is InChI=1S/C16H18N4OS.CH4S/c1-11(2)9-20(14-6-4-13(8-17)5-7-14)16-19-15(18-10-21)12(3)22-16;1-2/h4-7,10-11H,9H2,1-3H3,(H,18,21);2H,1H3. The molecule has 1 N–H and O–H groups in total. The van der Waals surface area contributed by atoms with Crippen molar-refractivity contribution < 1.29 is 4.79 Å². The molecule has 0 spiro atoms. The van der Waals surface area contributed by atoms with Crippen LogP contribution < -0.4 is 10.2 Å². The largest absolute Gasteiger partial charge is 0.318 e. The number of carbonyl (C=O) groups is 1. The van der Waals surface area contributed by atoms with Gasteiger partial charge in [0.1, 0.15) is 5.82 Å². The number of nitriles is 1. The quantitative estimate of drug-likeness (QED) is 0.596. The molecule has 24 heavy (non-hydrogen) atoms. The summed E-state index contributed by atoms with van der Waals surface area (Å²) >= 11 is 5.07. The van der Waals surface area contributed by atoms with Crippen molar-refractivity contribution in [3.63, 3.8) is 0 Å². The number of carbonyl (C=O) groups excluding carboxylic acids is 1. The summed E-state index contributed by atoms with van der Waals surface area (Å²) in [6.45, 7) is 7.02. The second-order valence-electron chi connectivity index (χ2n) is 5.33. The Labute approximate surface area is 152 Å². The van der Waals surface area contributed by atoms with Gasteiger partial charge >= 0.3 is 0 Å². The Balaban J connectivity index is 0.00000139. The number of rotatable bonds is 6. The molecule has 1 amide bonds. The third-order valence-electron chi connectivity index (χ3n) is 3.07. The number of aryl methyl sites for hydroxylation is 1. The lowest BCUT2D eigenvalue weighted by Gasteiger charge is -2.24. The molecule has 1 aromatic heterocycles. The molecule has 0 saturated heterocycles. The van der Waals surface area contributed by atoms with Crippen LogP contribution in [0.25, 0.3) is 0 Å². The Bertz CT molecular complexity index is 690. The van der Waals surface area contributed by atoms with E-state index < -0.39 is 0 Å². The molecule has 0 saturated carbocycles. The fourth-order valence-electron chi connectivity index (χ4n) is 2.06. The van der Waals surface area contributed by atoms with Gasteiger partial charge in [0, 0.05) is 17.1 Å². The number of aromatic nitrogens is 1. The second kappa shape index (κ2) is 9.96. The van der Waals surface area contributed by atoms with Gasteiger partial charge < -0.3 is 10.2 Å². The van der Waals surface area contributed by atoms with E-state index in [1.807, 2.05) is 19.1 Å². The fraction of sp³-hybridized carbons (Fsp3) is 0.353. The van der Waals surface area contributed by atoms with Crippen molar-refractivity contribution in [1.82, 2.24) is 4.98 Å². The molecule has 2 aromatic rings. The minimum Gasteiger partial charge on any atom is -0.318 e. The number of anilines is 3. The SMILES string of the molecule is CS.Cc1sc(N(CC(C)C)c2ccc(C#N)cc2)nc1NC=O. The molecule has 0 aliphatic rings. The summed E-state index contributed by atoms with van der Waals surface area (Å²) in [6.07, 6.45) is 2.33. The van der Waals surface area contributed by atoms with Gasteiger partial charge in [-0.3, -0.25) is 4.79 Å². The lowest BCUT2D eigenvalue weighted by Crippen LogP contribution is -2.22. The Morgan fingerprint density at radius 3 is 2.50 bits per heavy atom. The van der Waals surface area contributed by atoms with E-state index in [1.54, 1.807) is 18.4 Å². The lowest BCUT2D eigenvalue weighted by atomic mass is 10.1. The highest BCUT2D eigenvalue weighted by atomic mass is 32.1. The molecule has 1 heterocycles. The Hall–Kier alpha value is -2.04. The van der Waals surface area contributed by atoms with Gasteiger partial charge in [-0.1, -0.05) is 25.2 Å². The van der Waals surface area contributed by atoms with Crippen LogP contribution in [-0.2, 0) is 4.79 Å². The summed E-state index contributed by atoms with van der Waals surface area (Å²) in [5, 5.41) is 12.4. The number of thiol groups is 1. The van der Waals surface area contributed by atoms with Gasteiger partial charge in [-0.05, 0) is 43.4 Å². The highest BCUT2D eigenvalue weighted by Gasteiger charge is 2.17. The van der Waals surface area contributed by atoms with Crippen LogP contribution in [0.1, 0.15) is 24.3 Å². The second-order valence-corrected chi connectivity index (χ2v) is 6.51. The number of nitrogens with one attached hydrogen (secondary N) is 1. The zero-order chi connectivity index (χ0) is 18.1. The molecule has 1 aromatic carbocycles. The molecule has 128 valence electrons. The van der Waals surface area contributed by atoms with Crippen molar-refractivity contribution in [1.29, 1.82) is 5.26 Å². The normalized spacial score (nSPS) is 9.71. The molecular weight excluding hydrogens is 340 g/mol. The van der Waals surface area contributed by atoms with Gasteiger partial charge in [-0.25, -0.2) is 4.98 Å². The minimum absolute atomic E-state index is 0.447. The van der Waals surface area contributed by atoms with Gasteiger partial charge in [0.25, 0.3) is 0 Å². The van der Waals surface area contributed by atoms with Crippen molar-refractivity contribution in [3.05, 3.63) is 34.7 Å². The predicted molar refractivity (Wildman–Crippen MR) is 104 cm³/mol. The molecule has 0 fully saturated rings. The maximum Gasteiger partial charge on any atom is 0.212 e. The third kappa shape index (κ3) is 5.25. The van der Waals surface area contributed by atoms with Crippen LogP contribution in [0, 0.1) is 24.2 Å².